The zero-order valence-corrected chi connectivity index (χ0v) is 19.1. The lowest BCUT2D eigenvalue weighted by molar-refractivity contribution is -0.174. The van der Waals surface area contributed by atoms with E-state index < -0.39 is 24.2 Å². The molecule has 8 nitrogen and oxygen atoms in total. The van der Waals surface area contributed by atoms with E-state index in [0.29, 0.717) is 11.3 Å². The number of carbonyl (C=O) groups is 2. The number of aromatic nitrogens is 2. The summed E-state index contributed by atoms with van der Waals surface area (Å²) >= 11 is 6.40. The van der Waals surface area contributed by atoms with Crippen LogP contribution in [0.4, 0.5) is 19.0 Å². The van der Waals surface area contributed by atoms with Gasteiger partial charge in [0.05, 0.1) is 12.3 Å². The van der Waals surface area contributed by atoms with Crippen LogP contribution in [-0.2, 0) is 0 Å². The normalized spacial score (nSPS) is 20.3. The van der Waals surface area contributed by atoms with Crippen LogP contribution in [-0.4, -0.2) is 63.7 Å². The molecule has 2 aliphatic rings. The average Bonchev–Trinajstić information content (AvgIpc) is 3.51. The first kappa shape index (κ1) is 23.3. The van der Waals surface area contributed by atoms with Crippen LogP contribution in [0.25, 0.3) is 0 Å². The molecule has 1 saturated heterocycles. The van der Waals surface area contributed by atoms with E-state index in [9.17, 15) is 22.8 Å². The second-order valence-corrected chi connectivity index (χ2v) is 8.79. The number of carbonyl (C=O) groups excluding carboxylic acids is 2. The topological polar surface area (TPSA) is 83.6 Å². The Bertz CT molecular complexity index is 1220. The minimum Gasteiger partial charge on any atom is -0.467 e. The van der Waals surface area contributed by atoms with Crippen LogP contribution in [0.1, 0.15) is 45.1 Å². The van der Waals surface area contributed by atoms with Crippen molar-refractivity contribution in [3.05, 3.63) is 70.8 Å². The Kier molecular flexibility index (Phi) is 5.96. The molecule has 0 radical (unpaired) electrons. The highest BCUT2D eigenvalue weighted by atomic mass is 35.5. The quantitative estimate of drug-likeness (QED) is 0.568. The number of nitrogens with zero attached hydrogens (tertiary/aromatic N) is 4. The zero-order chi connectivity index (χ0) is 24.7. The number of hydrogen-bond acceptors (Lipinski definition) is 5. The Balaban J connectivity index is 1.35. The molecule has 1 N–H and O–H groups in total. The van der Waals surface area contributed by atoms with Gasteiger partial charge >= 0.3 is 6.18 Å². The van der Waals surface area contributed by atoms with Crippen molar-refractivity contribution in [1.29, 1.82) is 0 Å². The molecule has 0 unspecified atom stereocenters. The summed E-state index contributed by atoms with van der Waals surface area (Å²) in [6, 6.07) is 9.20. The van der Waals surface area contributed by atoms with Crippen LogP contribution in [0.15, 0.2) is 53.1 Å². The first-order chi connectivity index (χ1) is 16.7. The highest BCUT2D eigenvalue weighted by Gasteiger charge is 2.48. The van der Waals surface area contributed by atoms with E-state index in [4.69, 9.17) is 16.0 Å². The minimum atomic E-state index is -4.61. The number of fused-ring (bicyclic) bond motifs is 1. The number of furan rings is 1. The van der Waals surface area contributed by atoms with E-state index in [1.165, 1.54) is 11.2 Å². The lowest BCUT2D eigenvalue weighted by atomic mass is 10.0. The number of alkyl halides is 3. The fourth-order valence-electron chi connectivity index (χ4n) is 4.43. The fourth-order valence-corrected chi connectivity index (χ4v) is 4.69. The SMILES string of the molecule is O=C(c1ccccc1)N1CCN(C(=O)c2nn3c(c2Cl)N[C@@H](c2ccco2)C[C@@H]3C(F)(F)F)CC1. The molecule has 2 aliphatic heterocycles. The molecule has 1 aromatic carbocycles. The first-order valence-electron chi connectivity index (χ1n) is 11.0. The van der Waals surface area contributed by atoms with Gasteiger partial charge in [0, 0.05) is 38.2 Å². The zero-order valence-electron chi connectivity index (χ0n) is 18.3. The summed E-state index contributed by atoms with van der Waals surface area (Å²) in [5.74, 6) is -0.479. The molecule has 0 spiro atoms. The maximum atomic E-state index is 13.9. The van der Waals surface area contributed by atoms with Crippen LogP contribution < -0.4 is 5.32 Å². The van der Waals surface area contributed by atoms with Gasteiger partial charge in [-0.15, -0.1) is 0 Å². The smallest absolute Gasteiger partial charge is 0.410 e. The summed E-state index contributed by atoms with van der Waals surface area (Å²) in [5, 5.41) is 6.75. The average molecular weight is 508 g/mol. The first-order valence-corrected chi connectivity index (χ1v) is 11.4. The van der Waals surface area contributed by atoms with Crippen molar-refractivity contribution < 1.29 is 27.2 Å². The molecule has 35 heavy (non-hydrogen) atoms. The number of rotatable bonds is 3. The standard InChI is InChI=1S/C23H21ClF3N5O3/c24-18-19(22(34)31-10-8-30(9-11-31)21(33)14-5-2-1-3-6-14)29-32-17(23(25,26)27)13-15(28-20(18)32)16-7-4-12-35-16/h1-7,12,15,17,28H,8-11,13H2/t15-,17-/m1/s1. The summed E-state index contributed by atoms with van der Waals surface area (Å²) in [4.78, 5) is 28.9. The second kappa shape index (κ2) is 8.95. The van der Waals surface area contributed by atoms with Gasteiger partial charge < -0.3 is 19.5 Å². The van der Waals surface area contributed by atoms with Crippen molar-refractivity contribution >= 4 is 29.2 Å². The molecule has 4 heterocycles. The molecule has 2 aromatic heterocycles. The molecule has 2 amide bonds. The lowest BCUT2D eigenvalue weighted by Crippen LogP contribution is -2.50. The van der Waals surface area contributed by atoms with E-state index in [2.05, 4.69) is 10.4 Å². The van der Waals surface area contributed by atoms with Crippen LogP contribution in [0.2, 0.25) is 5.02 Å². The molecule has 0 saturated carbocycles. The molecule has 184 valence electrons. The Morgan fingerprint density at radius 2 is 1.66 bits per heavy atom. The van der Waals surface area contributed by atoms with Crippen molar-refractivity contribution in [2.75, 3.05) is 31.5 Å². The van der Waals surface area contributed by atoms with E-state index in [0.717, 1.165) is 4.68 Å². The number of anilines is 1. The molecular formula is C23H21ClF3N5O3. The van der Waals surface area contributed by atoms with Gasteiger partial charge in [0.15, 0.2) is 11.7 Å². The largest absolute Gasteiger partial charge is 0.467 e. The van der Waals surface area contributed by atoms with Crippen molar-refractivity contribution in [3.8, 4) is 0 Å². The number of piperazine rings is 1. The van der Waals surface area contributed by atoms with Crippen molar-refractivity contribution in [1.82, 2.24) is 19.6 Å². The number of halogens is 4. The third-order valence-corrected chi connectivity index (χ3v) is 6.62. The summed E-state index contributed by atoms with van der Waals surface area (Å²) in [7, 11) is 0. The number of amides is 2. The number of benzene rings is 1. The summed E-state index contributed by atoms with van der Waals surface area (Å²) in [6.07, 6.45) is -3.60. The monoisotopic (exact) mass is 507 g/mol. The summed E-state index contributed by atoms with van der Waals surface area (Å²) in [5.41, 5.74) is 0.291. The van der Waals surface area contributed by atoms with Gasteiger partial charge in [-0.05, 0) is 24.3 Å². The van der Waals surface area contributed by atoms with Crippen LogP contribution in [0.3, 0.4) is 0 Å². The molecule has 0 aliphatic carbocycles. The molecule has 12 heteroatoms. The molecule has 3 aromatic rings. The Hall–Kier alpha value is -3.47. The fraction of sp³-hybridized carbons (Fsp3) is 0.348. The summed E-state index contributed by atoms with van der Waals surface area (Å²) in [6.45, 7) is 0.992. The molecule has 2 atom stereocenters. The second-order valence-electron chi connectivity index (χ2n) is 8.41. The van der Waals surface area contributed by atoms with E-state index >= 15 is 0 Å². The third kappa shape index (κ3) is 4.36. The Morgan fingerprint density at radius 3 is 2.26 bits per heavy atom. The van der Waals surface area contributed by atoms with Crippen LogP contribution in [0, 0.1) is 0 Å². The Morgan fingerprint density at radius 1 is 1.00 bits per heavy atom. The van der Waals surface area contributed by atoms with E-state index in [1.807, 2.05) is 6.07 Å². The van der Waals surface area contributed by atoms with Crippen LogP contribution in [0.5, 0.6) is 0 Å². The van der Waals surface area contributed by atoms with Gasteiger partial charge in [0.2, 0.25) is 0 Å². The van der Waals surface area contributed by atoms with Crippen molar-refractivity contribution in [3.63, 3.8) is 0 Å². The predicted octanol–water partition coefficient (Wildman–Crippen LogP) is 4.39. The molecule has 0 bridgehead atoms. The van der Waals surface area contributed by atoms with Gasteiger partial charge in [-0.25, -0.2) is 4.68 Å². The lowest BCUT2D eigenvalue weighted by Gasteiger charge is -2.34. The van der Waals surface area contributed by atoms with Gasteiger partial charge in [-0.3, -0.25) is 9.59 Å². The van der Waals surface area contributed by atoms with Crippen molar-refractivity contribution in [2.24, 2.45) is 0 Å². The number of nitrogens with one attached hydrogen (secondary N) is 1. The van der Waals surface area contributed by atoms with Gasteiger partial charge in [0.1, 0.15) is 16.6 Å². The van der Waals surface area contributed by atoms with E-state index in [-0.39, 0.29) is 55.0 Å². The predicted molar refractivity (Wildman–Crippen MR) is 120 cm³/mol. The van der Waals surface area contributed by atoms with Gasteiger partial charge in [0.25, 0.3) is 11.8 Å². The highest BCUT2D eigenvalue weighted by molar-refractivity contribution is 6.36. The van der Waals surface area contributed by atoms with Gasteiger partial charge in [-0.1, -0.05) is 29.8 Å². The molecule has 5 rings (SSSR count). The van der Waals surface area contributed by atoms with Crippen LogP contribution >= 0.6 is 11.6 Å². The van der Waals surface area contributed by atoms with Gasteiger partial charge in [-0.2, -0.15) is 18.3 Å². The minimum absolute atomic E-state index is 0.0807. The third-order valence-electron chi connectivity index (χ3n) is 6.26. The Labute approximate surface area is 203 Å². The van der Waals surface area contributed by atoms with E-state index in [1.54, 1.807) is 41.3 Å². The maximum Gasteiger partial charge on any atom is 0.410 e. The summed E-state index contributed by atoms with van der Waals surface area (Å²) < 4.78 is 47.7. The molecular weight excluding hydrogens is 487 g/mol. The van der Waals surface area contributed by atoms with Crippen molar-refractivity contribution in [2.45, 2.75) is 24.7 Å². The highest BCUT2D eigenvalue weighted by Crippen LogP contribution is 2.46. The molecule has 1 fully saturated rings. The maximum absolute atomic E-state index is 13.9. The number of hydrogen-bond donors (Lipinski definition) is 1.